The molecule has 0 aliphatic carbocycles. The Balaban J connectivity index is 1.48. The molecule has 0 saturated carbocycles. The number of carbonyl (C=O) groups is 1. The molecule has 3 rings (SSSR count). The van der Waals surface area contributed by atoms with Crippen LogP contribution in [0.2, 0.25) is 0 Å². The van der Waals surface area contributed by atoms with Gasteiger partial charge in [-0.2, -0.15) is 8.78 Å². The number of aromatic amines is 1. The quantitative estimate of drug-likeness (QED) is 0.478. The summed E-state index contributed by atoms with van der Waals surface area (Å²) in [5, 5.41) is 24.4. The minimum atomic E-state index is -3.36. The van der Waals surface area contributed by atoms with Gasteiger partial charge in [0.05, 0.1) is 0 Å². The van der Waals surface area contributed by atoms with Crippen LogP contribution in [0.4, 0.5) is 8.78 Å². The number of aromatic nitrogens is 4. The summed E-state index contributed by atoms with van der Waals surface area (Å²) >= 11 is 0. The summed E-state index contributed by atoms with van der Waals surface area (Å²) in [5.74, 6) is -2.50. The highest BCUT2D eigenvalue weighted by Crippen LogP contribution is 2.42. The molecule has 0 spiro atoms. The van der Waals surface area contributed by atoms with Gasteiger partial charge in [0.15, 0.2) is 0 Å². The van der Waals surface area contributed by atoms with Gasteiger partial charge in [-0.1, -0.05) is 43.2 Å². The number of tetrazole rings is 1. The van der Waals surface area contributed by atoms with Crippen LogP contribution >= 0.6 is 0 Å². The third-order valence-corrected chi connectivity index (χ3v) is 6.42. The Morgan fingerprint density at radius 2 is 1.94 bits per heavy atom. The lowest BCUT2D eigenvalue weighted by molar-refractivity contribution is -0.184. The number of nitrogens with zero attached hydrogens (tertiary/aromatic N) is 4. The number of alkyl halides is 2. The van der Waals surface area contributed by atoms with Crippen molar-refractivity contribution in [2.75, 3.05) is 6.54 Å². The van der Waals surface area contributed by atoms with Crippen molar-refractivity contribution in [3.05, 3.63) is 41.7 Å². The summed E-state index contributed by atoms with van der Waals surface area (Å²) in [6.45, 7) is 1.82. The van der Waals surface area contributed by atoms with Crippen LogP contribution in [0.5, 0.6) is 0 Å². The van der Waals surface area contributed by atoms with Gasteiger partial charge >= 0.3 is 5.92 Å². The van der Waals surface area contributed by atoms with Crippen LogP contribution in [0.15, 0.2) is 30.3 Å². The van der Waals surface area contributed by atoms with E-state index < -0.39 is 11.5 Å². The number of aliphatic hydroxyl groups is 1. The van der Waals surface area contributed by atoms with Crippen molar-refractivity contribution < 1.29 is 18.7 Å². The minimum absolute atomic E-state index is 0.0748. The molecule has 1 amide bonds. The van der Waals surface area contributed by atoms with Gasteiger partial charge in [-0.3, -0.25) is 4.79 Å². The summed E-state index contributed by atoms with van der Waals surface area (Å²) < 4.78 is 29.9. The second-order valence-electron chi connectivity index (χ2n) is 8.90. The lowest BCUT2D eigenvalue weighted by Crippen LogP contribution is -2.47. The molecule has 32 heavy (non-hydrogen) atoms. The van der Waals surface area contributed by atoms with E-state index in [1.165, 1.54) is 19.1 Å². The smallest absolute Gasteiger partial charge is 0.300 e. The van der Waals surface area contributed by atoms with E-state index in [9.17, 15) is 18.7 Å². The molecule has 2 atom stereocenters. The van der Waals surface area contributed by atoms with Gasteiger partial charge in [-0.15, -0.1) is 5.10 Å². The molecule has 1 saturated heterocycles. The second-order valence-corrected chi connectivity index (χ2v) is 8.90. The highest BCUT2D eigenvalue weighted by molar-refractivity contribution is 5.77. The van der Waals surface area contributed by atoms with Gasteiger partial charge in [0, 0.05) is 31.0 Å². The zero-order valence-electron chi connectivity index (χ0n) is 18.6. The highest BCUT2D eigenvalue weighted by Gasteiger charge is 2.50. The Bertz CT molecular complexity index is 830. The zero-order valence-corrected chi connectivity index (χ0v) is 18.6. The van der Waals surface area contributed by atoms with Crippen LogP contribution in [-0.2, 0) is 17.1 Å². The first-order chi connectivity index (χ1) is 15.3. The first-order valence-corrected chi connectivity index (χ1v) is 11.5. The zero-order chi connectivity index (χ0) is 23.0. The first-order valence-electron chi connectivity index (χ1n) is 11.5. The average Bonchev–Trinajstić information content (AvgIpc) is 3.30. The molecule has 1 aliphatic heterocycles. The summed E-state index contributed by atoms with van der Waals surface area (Å²) in [5.41, 5.74) is -2.38. The fourth-order valence-corrected chi connectivity index (χ4v) is 4.38. The molecular formula is C23H33F2N5O2. The fourth-order valence-electron chi connectivity index (χ4n) is 4.38. The van der Waals surface area contributed by atoms with Crippen LogP contribution in [0.25, 0.3) is 0 Å². The molecule has 1 fully saturated rings. The van der Waals surface area contributed by atoms with Gasteiger partial charge in [0.2, 0.25) is 5.91 Å². The summed E-state index contributed by atoms with van der Waals surface area (Å²) in [4.78, 5) is 14.4. The van der Waals surface area contributed by atoms with E-state index in [1.807, 2.05) is 4.90 Å². The van der Waals surface area contributed by atoms with E-state index in [2.05, 4.69) is 20.6 Å². The number of hydrogen-bond acceptors (Lipinski definition) is 5. The van der Waals surface area contributed by atoms with Crippen molar-refractivity contribution in [3.8, 4) is 0 Å². The average molecular weight is 450 g/mol. The maximum atomic E-state index is 14.9. The van der Waals surface area contributed by atoms with Crippen molar-refractivity contribution >= 4 is 5.91 Å². The lowest BCUT2D eigenvalue weighted by Gasteiger charge is -2.39. The van der Waals surface area contributed by atoms with Crippen LogP contribution in [0.1, 0.15) is 76.1 Å². The molecule has 9 heteroatoms. The number of rotatable bonds is 12. The van der Waals surface area contributed by atoms with Crippen molar-refractivity contribution in [2.24, 2.45) is 0 Å². The van der Waals surface area contributed by atoms with E-state index in [0.29, 0.717) is 19.4 Å². The Morgan fingerprint density at radius 1 is 1.19 bits per heavy atom. The number of unbranched alkanes of at least 4 members (excludes halogenated alkanes) is 3. The number of nitrogens with one attached hydrogen (secondary N) is 1. The summed E-state index contributed by atoms with van der Waals surface area (Å²) in [7, 11) is 0. The van der Waals surface area contributed by atoms with Gasteiger partial charge in [-0.25, -0.2) is 5.10 Å². The number of piperidine rings is 1. The number of hydrogen-bond donors (Lipinski definition) is 2. The molecule has 7 nitrogen and oxygen atoms in total. The van der Waals surface area contributed by atoms with Crippen molar-refractivity contribution in [2.45, 2.75) is 88.7 Å². The van der Waals surface area contributed by atoms with Crippen molar-refractivity contribution in [1.82, 2.24) is 25.5 Å². The molecule has 0 unspecified atom stereocenters. The Morgan fingerprint density at radius 3 is 2.66 bits per heavy atom. The largest absolute Gasteiger partial charge is 0.384 e. The molecule has 0 bridgehead atoms. The van der Waals surface area contributed by atoms with E-state index in [-0.39, 0.29) is 23.9 Å². The van der Waals surface area contributed by atoms with Gasteiger partial charge in [0.1, 0.15) is 11.4 Å². The molecule has 1 aromatic heterocycles. The SMILES string of the molecule is C[C@](O)(CC[C@H]1CCCC(=O)N1CCCCCCc1nnn[nH]1)C(F)(F)c1ccccc1. The van der Waals surface area contributed by atoms with Gasteiger partial charge in [-0.05, 0) is 55.9 Å². The predicted molar refractivity (Wildman–Crippen MR) is 116 cm³/mol. The van der Waals surface area contributed by atoms with E-state index in [0.717, 1.165) is 50.8 Å². The molecule has 2 heterocycles. The topological polar surface area (TPSA) is 95.0 Å². The molecule has 2 aromatic rings. The highest BCUT2D eigenvalue weighted by atomic mass is 19.3. The lowest BCUT2D eigenvalue weighted by atomic mass is 9.84. The maximum Gasteiger partial charge on any atom is 0.300 e. The number of likely N-dealkylation sites (tertiary alicyclic amines) is 1. The molecular weight excluding hydrogens is 416 g/mol. The number of benzene rings is 1. The number of amides is 1. The normalized spacial score (nSPS) is 19.2. The number of carbonyl (C=O) groups excluding carboxylic acids is 1. The second kappa shape index (κ2) is 10.9. The van der Waals surface area contributed by atoms with Crippen LogP contribution in [-0.4, -0.2) is 54.7 Å². The van der Waals surface area contributed by atoms with E-state index in [1.54, 1.807) is 18.2 Å². The molecule has 1 aliphatic rings. The Labute approximate surface area is 187 Å². The number of halogens is 2. The third kappa shape index (κ3) is 6.09. The summed E-state index contributed by atoms with van der Waals surface area (Å²) in [6.07, 6.45) is 6.95. The van der Waals surface area contributed by atoms with Crippen LogP contribution in [0.3, 0.4) is 0 Å². The predicted octanol–water partition coefficient (Wildman–Crippen LogP) is 4.01. The minimum Gasteiger partial charge on any atom is -0.384 e. The summed E-state index contributed by atoms with van der Waals surface area (Å²) in [6, 6.07) is 7.33. The number of H-pyrrole nitrogens is 1. The molecule has 2 N–H and O–H groups in total. The van der Waals surface area contributed by atoms with Crippen molar-refractivity contribution in [3.63, 3.8) is 0 Å². The molecule has 1 aromatic carbocycles. The molecule has 0 radical (unpaired) electrons. The maximum absolute atomic E-state index is 14.9. The third-order valence-electron chi connectivity index (χ3n) is 6.42. The fraction of sp³-hybridized carbons (Fsp3) is 0.652. The number of aryl methyl sites for hydroxylation is 1. The molecule has 176 valence electrons. The monoisotopic (exact) mass is 449 g/mol. The van der Waals surface area contributed by atoms with Gasteiger partial charge in [0.25, 0.3) is 0 Å². The van der Waals surface area contributed by atoms with Crippen LogP contribution < -0.4 is 0 Å². The Hall–Kier alpha value is -2.42. The van der Waals surface area contributed by atoms with Crippen molar-refractivity contribution in [1.29, 1.82) is 0 Å². The van der Waals surface area contributed by atoms with E-state index >= 15 is 0 Å². The van der Waals surface area contributed by atoms with Gasteiger partial charge < -0.3 is 10.0 Å². The first kappa shape index (κ1) is 24.2. The Kier molecular flexibility index (Phi) is 8.28. The standard InChI is InChI=1S/C23H33F2N5O2/c1-22(32,23(24,25)18-10-5-4-6-11-18)16-15-19-12-9-14-21(31)30(19)17-8-3-2-7-13-20-26-28-29-27-20/h4-6,10-11,19,32H,2-3,7-9,12-17H2,1H3,(H,26,27,28,29)/t19-,22+/m1/s1. The van der Waals surface area contributed by atoms with Crippen LogP contribution in [0, 0.1) is 0 Å². The van der Waals surface area contributed by atoms with E-state index in [4.69, 9.17) is 0 Å².